The fraction of sp³-hybridized carbons (Fsp3) is 0.706. The molecule has 0 spiro atoms. The van der Waals surface area contributed by atoms with Gasteiger partial charge >= 0.3 is 5.97 Å². The smallest absolute Gasteiger partial charge is 0.309 e. The molecule has 132 valence electrons. The van der Waals surface area contributed by atoms with Crippen molar-refractivity contribution in [1.82, 2.24) is 15.1 Å². The highest BCUT2D eigenvalue weighted by Crippen LogP contribution is 2.33. The number of hydrogen-bond acceptors (Lipinski definition) is 4. The van der Waals surface area contributed by atoms with Crippen molar-refractivity contribution in [2.75, 3.05) is 19.7 Å². The number of amides is 1. The second kappa shape index (κ2) is 6.93. The summed E-state index contributed by atoms with van der Waals surface area (Å²) in [7, 11) is 0. The van der Waals surface area contributed by atoms with Gasteiger partial charge in [-0.05, 0) is 37.2 Å². The fourth-order valence-corrected chi connectivity index (χ4v) is 3.68. The molecule has 0 saturated carbocycles. The average Bonchev–Trinajstić information content (AvgIpc) is 3.23. The van der Waals surface area contributed by atoms with Crippen molar-refractivity contribution in [1.29, 1.82) is 0 Å². The molecule has 7 nitrogen and oxygen atoms in total. The van der Waals surface area contributed by atoms with Gasteiger partial charge in [0, 0.05) is 25.4 Å². The highest BCUT2D eigenvalue weighted by atomic mass is 16.5. The van der Waals surface area contributed by atoms with E-state index in [0.29, 0.717) is 37.7 Å². The summed E-state index contributed by atoms with van der Waals surface area (Å²) in [5, 5.41) is 16.3. The number of carbonyl (C=O) groups excluding carboxylic acids is 1. The topological polar surface area (TPSA) is 95.5 Å². The minimum atomic E-state index is -0.770. The fourth-order valence-electron chi connectivity index (χ4n) is 3.68. The number of carbonyl (C=O) groups is 2. The van der Waals surface area contributed by atoms with Crippen LogP contribution >= 0.6 is 0 Å². The van der Waals surface area contributed by atoms with Gasteiger partial charge < -0.3 is 14.7 Å². The Labute approximate surface area is 141 Å². The second-order valence-electron chi connectivity index (χ2n) is 7.06. The number of likely N-dealkylation sites (tertiary alicyclic amines) is 1. The molecule has 0 aliphatic carbocycles. The molecule has 0 radical (unpaired) electrons. The number of aromatic amines is 1. The van der Waals surface area contributed by atoms with Gasteiger partial charge in [0.05, 0.1) is 12.0 Å². The van der Waals surface area contributed by atoms with Gasteiger partial charge in [-0.1, -0.05) is 13.8 Å². The maximum atomic E-state index is 12.6. The molecule has 3 heterocycles. The average molecular weight is 335 g/mol. The van der Waals surface area contributed by atoms with Crippen molar-refractivity contribution in [3.8, 4) is 0 Å². The highest BCUT2D eigenvalue weighted by Gasteiger charge is 2.40. The summed E-state index contributed by atoms with van der Waals surface area (Å²) in [4.78, 5) is 25.7. The number of nitrogens with one attached hydrogen (secondary N) is 1. The first-order chi connectivity index (χ1) is 11.5. The third-order valence-electron chi connectivity index (χ3n) is 5.18. The van der Waals surface area contributed by atoms with Crippen molar-refractivity contribution in [3.63, 3.8) is 0 Å². The number of ether oxygens (including phenoxy) is 1. The molecular formula is C17H25N3O4. The Balaban J connectivity index is 1.58. The summed E-state index contributed by atoms with van der Waals surface area (Å²) in [6.07, 6.45) is 1.94. The van der Waals surface area contributed by atoms with Gasteiger partial charge in [0.2, 0.25) is 0 Å². The summed E-state index contributed by atoms with van der Waals surface area (Å²) in [6.45, 7) is 5.87. The SMILES string of the molecule is CC(C)c1cc(C(=O)N2CCC([C@@H]3OCCC3C(=O)O)CC2)n[nH]1. The van der Waals surface area contributed by atoms with Gasteiger partial charge in [0.1, 0.15) is 5.69 Å². The minimum absolute atomic E-state index is 0.0567. The zero-order chi connectivity index (χ0) is 17.3. The van der Waals surface area contributed by atoms with E-state index in [0.717, 1.165) is 18.5 Å². The quantitative estimate of drug-likeness (QED) is 0.876. The summed E-state index contributed by atoms with van der Waals surface area (Å²) in [6, 6.07) is 1.82. The van der Waals surface area contributed by atoms with E-state index in [1.165, 1.54) is 0 Å². The van der Waals surface area contributed by atoms with Crippen LogP contribution in [0.2, 0.25) is 0 Å². The van der Waals surface area contributed by atoms with Gasteiger partial charge in [-0.2, -0.15) is 5.10 Å². The molecule has 1 aromatic heterocycles. The van der Waals surface area contributed by atoms with Gasteiger partial charge in [-0.15, -0.1) is 0 Å². The first-order valence-electron chi connectivity index (χ1n) is 8.66. The third-order valence-corrected chi connectivity index (χ3v) is 5.18. The Morgan fingerprint density at radius 2 is 2.04 bits per heavy atom. The molecule has 2 atom stereocenters. The van der Waals surface area contributed by atoms with Crippen molar-refractivity contribution >= 4 is 11.9 Å². The van der Waals surface area contributed by atoms with Crippen LogP contribution in [0.4, 0.5) is 0 Å². The van der Waals surface area contributed by atoms with E-state index in [1.807, 2.05) is 24.8 Å². The van der Waals surface area contributed by atoms with Crippen LogP contribution in [-0.2, 0) is 9.53 Å². The van der Waals surface area contributed by atoms with E-state index in [-0.39, 0.29) is 17.9 Å². The summed E-state index contributed by atoms with van der Waals surface area (Å²) >= 11 is 0. The molecule has 0 bridgehead atoms. The monoisotopic (exact) mass is 335 g/mol. The van der Waals surface area contributed by atoms with Gasteiger partial charge in [0.15, 0.2) is 0 Å². The molecule has 2 N–H and O–H groups in total. The predicted molar refractivity (Wildman–Crippen MR) is 86.8 cm³/mol. The molecule has 1 amide bonds. The number of aliphatic carboxylic acids is 1. The molecule has 2 aliphatic heterocycles. The largest absolute Gasteiger partial charge is 0.481 e. The molecule has 1 unspecified atom stereocenters. The van der Waals surface area contributed by atoms with E-state index >= 15 is 0 Å². The molecule has 7 heteroatoms. The van der Waals surface area contributed by atoms with E-state index in [2.05, 4.69) is 10.2 Å². The first-order valence-corrected chi connectivity index (χ1v) is 8.66. The molecule has 2 saturated heterocycles. The number of rotatable bonds is 4. The molecule has 1 aromatic rings. The lowest BCUT2D eigenvalue weighted by molar-refractivity contribution is -0.145. The van der Waals surface area contributed by atoms with Crippen LogP contribution in [-0.4, -0.2) is 57.9 Å². The van der Waals surface area contributed by atoms with Crippen LogP contribution in [0, 0.1) is 11.8 Å². The van der Waals surface area contributed by atoms with Gasteiger partial charge in [0.25, 0.3) is 5.91 Å². The lowest BCUT2D eigenvalue weighted by Gasteiger charge is -2.35. The van der Waals surface area contributed by atoms with Crippen LogP contribution in [0.5, 0.6) is 0 Å². The van der Waals surface area contributed by atoms with Crippen LogP contribution in [0.1, 0.15) is 55.2 Å². The van der Waals surface area contributed by atoms with Crippen LogP contribution in [0.25, 0.3) is 0 Å². The number of piperidine rings is 1. The van der Waals surface area contributed by atoms with Gasteiger partial charge in [-0.3, -0.25) is 14.7 Å². The molecule has 24 heavy (non-hydrogen) atoms. The van der Waals surface area contributed by atoms with Gasteiger partial charge in [-0.25, -0.2) is 0 Å². The van der Waals surface area contributed by atoms with Crippen LogP contribution in [0.15, 0.2) is 6.07 Å². The highest BCUT2D eigenvalue weighted by molar-refractivity contribution is 5.92. The van der Waals surface area contributed by atoms with E-state index < -0.39 is 11.9 Å². The van der Waals surface area contributed by atoms with Crippen LogP contribution in [0.3, 0.4) is 0 Å². The number of H-pyrrole nitrogens is 1. The molecule has 0 aromatic carbocycles. The summed E-state index contributed by atoms with van der Waals surface area (Å²) < 4.78 is 5.67. The Morgan fingerprint density at radius 3 is 2.62 bits per heavy atom. The molecule has 3 rings (SSSR count). The first kappa shape index (κ1) is 17.0. The van der Waals surface area contributed by atoms with Crippen molar-refractivity contribution < 1.29 is 19.4 Å². The summed E-state index contributed by atoms with van der Waals surface area (Å²) in [5.74, 6) is -0.718. The lowest BCUT2D eigenvalue weighted by Crippen LogP contribution is -2.43. The van der Waals surface area contributed by atoms with Crippen LogP contribution < -0.4 is 0 Å². The molecule has 2 fully saturated rings. The van der Waals surface area contributed by atoms with E-state index in [4.69, 9.17) is 4.74 Å². The van der Waals surface area contributed by atoms with Crippen molar-refractivity contribution in [2.24, 2.45) is 11.8 Å². The van der Waals surface area contributed by atoms with Crippen molar-refractivity contribution in [3.05, 3.63) is 17.5 Å². The molecule has 2 aliphatic rings. The number of nitrogens with zero attached hydrogens (tertiary/aromatic N) is 2. The number of carboxylic acids is 1. The number of carboxylic acid groups (broad SMARTS) is 1. The maximum absolute atomic E-state index is 12.6. The summed E-state index contributed by atoms with van der Waals surface area (Å²) in [5.41, 5.74) is 1.41. The van der Waals surface area contributed by atoms with E-state index in [9.17, 15) is 14.7 Å². The van der Waals surface area contributed by atoms with E-state index in [1.54, 1.807) is 0 Å². The van der Waals surface area contributed by atoms with Crippen molar-refractivity contribution in [2.45, 2.75) is 45.1 Å². The standard InChI is InChI=1S/C17H25N3O4/c1-10(2)13-9-14(19-18-13)16(21)20-6-3-11(4-7-20)15-12(17(22)23)5-8-24-15/h9-12,15H,3-8H2,1-2H3,(H,18,19)(H,22,23)/t12?,15-/m0/s1. The second-order valence-corrected chi connectivity index (χ2v) is 7.06. The number of hydrogen-bond donors (Lipinski definition) is 2. The molecular weight excluding hydrogens is 310 g/mol. The third kappa shape index (κ3) is 3.31. The Kier molecular flexibility index (Phi) is 4.89. The number of aromatic nitrogens is 2. The maximum Gasteiger partial charge on any atom is 0.309 e. The Bertz CT molecular complexity index is 605. The zero-order valence-electron chi connectivity index (χ0n) is 14.2. The minimum Gasteiger partial charge on any atom is -0.481 e. The zero-order valence-corrected chi connectivity index (χ0v) is 14.2. The Hall–Kier alpha value is -1.89. The normalized spacial score (nSPS) is 25.4. The predicted octanol–water partition coefficient (Wildman–Crippen LogP) is 1.88. The lowest BCUT2D eigenvalue weighted by atomic mass is 9.84. The Morgan fingerprint density at radius 1 is 1.33 bits per heavy atom.